The molecule has 0 fully saturated rings. The Labute approximate surface area is 114 Å². The molecule has 5 heteroatoms. The Morgan fingerprint density at radius 3 is 2.55 bits per heavy atom. The van der Waals surface area contributed by atoms with Crippen LogP contribution in [0, 0.1) is 23.0 Å². The van der Waals surface area contributed by atoms with Crippen LogP contribution in [-0.4, -0.2) is 5.11 Å². The van der Waals surface area contributed by atoms with Crippen molar-refractivity contribution < 1.29 is 18.6 Å². The minimum Gasteiger partial charge on any atom is -0.486 e. The minimum atomic E-state index is -0.631. The van der Waals surface area contributed by atoms with Crippen LogP contribution < -0.4 is 4.74 Å². The van der Waals surface area contributed by atoms with Crippen LogP contribution >= 0.6 is 0 Å². The van der Waals surface area contributed by atoms with E-state index in [0.29, 0.717) is 11.1 Å². The molecule has 0 saturated carbocycles. The Morgan fingerprint density at radius 2 is 1.90 bits per heavy atom. The van der Waals surface area contributed by atoms with Crippen molar-refractivity contribution in [3.05, 3.63) is 64.7 Å². The van der Waals surface area contributed by atoms with Gasteiger partial charge in [0, 0.05) is 5.56 Å². The van der Waals surface area contributed by atoms with Crippen molar-refractivity contribution >= 4 is 0 Å². The molecule has 102 valence electrons. The second-order valence-electron chi connectivity index (χ2n) is 4.13. The van der Waals surface area contributed by atoms with Gasteiger partial charge in [0.1, 0.15) is 12.4 Å². The van der Waals surface area contributed by atoms with Crippen molar-refractivity contribution in [2.75, 3.05) is 0 Å². The fourth-order valence-electron chi connectivity index (χ4n) is 1.67. The number of nitrogens with zero attached hydrogens (tertiary/aromatic N) is 1. The van der Waals surface area contributed by atoms with Crippen molar-refractivity contribution in [1.29, 1.82) is 5.26 Å². The number of nitriles is 1. The van der Waals surface area contributed by atoms with Crippen LogP contribution in [-0.2, 0) is 13.2 Å². The molecule has 0 saturated heterocycles. The SMILES string of the molecule is N#Cc1ccc(F)c(COc2ccc(CO)cc2F)c1. The number of aliphatic hydroxyl groups is 1. The van der Waals surface area contributed by atoms with Gasteiger partial charge in [-0.15, -0.1) is 0 Å². The molecular weight excluding hydrogens is 264 g/mol. The van der Waals surface area contributed by atoms with E-state index >= 15 is 0 Å². The molecule has 3 nitrogen and oxygen atoms in total. The predicted octanol–water partition coefficient (Wildman–Crippen LogP) is 2.91. The Balaban J connectivity index is 2.15. The number of aliphatic hydroxyl groups excluding tert-OH is 1. The molecule has 20 heavy (non-hydrogen) atoms. The Bertz CT molecular complexity index is 665. The maximum absolute atomic E-state index is 13.6. The van der Waals surface area contributed by atoms with Gasteiger partial charge in [0.25, 0.3) is 0 Å². The molecule has 0 atom stereocenters. The first-order valence-corrected chi connectivity index (χ1v) is 5.84. The zero-order valence-corrected chi connectivity index (χ0v) is 10.4. The van der Waals surface area contributed by atoms with Crippen LogP contribution in [0.1, 0.15) is 16.7 Å². The van der Waals surface area contributed by atoms with E-state index in [2.05, 4.69) is 0 Å². The second kappa shape index (κ2) is 6.13. The molecule has 0 spiro atoms. The summed E-state index contributed by atoms with van der Waals surface area (Å²) < 4.78 is 32.3. The zero-order valence-electron chi connectivity index (χ0n) is 10.4. The summed E-state index contributed by atoms with van der Waals surface area (Å²) in [6, 6.07) is 9.81. The fraction of sp³-hybridized carbons (Fsp3) is 0.133. The average Bonchev–Trinajstić information content (AvgIpc) is 2.47. The maximum Gasteiger partial charge on any atom is 0.165 e. The predicted molar refractivity (Wildman–Crippen MR) is 67.8 cm³/mol. The lowest BCUT2D eigenvalue weighted by atomic mass is 10.1. The van der Waals surface area contributed by atoms with Gasteiger partial charge in [0.05, 0.1) is 18.2 Å². The van der Waals surface area contributed by atoms with Crippen molar-refractivity contribution in [3.63, 3.8) is 0 Å². The fourth-order valence-corrected chi connectivity index (χ4v) is 1.67. The van der Waals surface area contributed by atoms with Crippen LogP contribution in [0.2, 0.25) is 0 Å². The Kier molecular flexibility index (Phi) is 4.28. The summed E-state index contributed by atoms with van der Waals surface area (Å²) in [4.78, 5) is 0. The van der Waals surface area contributed by atoms with E-state index in [9.17, 15) is 8.78 Å². The van der Waals surface area contributed by atoms with Gasteiger partial charge < -0.3 is 9.84 Å². The van der Waals surface area contributed by atoms with Gasteiger partial charge in [-0.2, -0.15) is 5.26 Å². The van der Waals surface area contributed by atoms with Crippen LogP contribution in [0.25, 0.3) is 0 Å². The van der Waals surface area contributed by atoms with Crippen molar-refractivity contribution in [2.24, 2.45) is 0 Å². The number of hydrogen-bond acceptors (Lipinski definition) is 3. The third-order valence-corrected chi connectivity index (χ3v) is 2.74. The summed E-state index contributed by atoms with van der Waals surface area (Å²) >= 11 is 0. The summed E-state index contributed by atoms with van der Waals surface area (Å²) in [5.41, 5.74) is 0.906. The summed E-state index contributed by atoms with van der Waals surface area (Å²) in [6.07, 6.45) is 0. The zero-order chi connectivity index (χ0) is 14.5. The molecule has 0 aliphatic heterocycles. The molecule has 0 unspecified atom stereocenters. The lowest BCUT2D eigenvalue weighted by molar-refractivity contribution is 0.275. The first kappa shape index (κ1) is 14.0. The smallest absolute Gasteiger partial charge is 0.165 e. The van der Waals surface area contributed by atoms with Crippen molar-refractivity contribution in [3.8, 4) is 11.8 Å². The monoisotopic (exact) mass is 275 g/mol. The highest BCUT2D eigenvalue weighted by atomic mass is 19.1. The van der Waals surface area contributed by atoms with E-state index in [4.69, 9.17) is 15.1 Å². The molecule has 0 aliphatic carbocycles. The van der Waals surface area contributed by atoms with E-state index in [0.717, 1.165) is 6.07 Å². The molecule has 0 bridgehead atoms. The molecule has 0 heterocycles. The third kappa shape index (κ3) is 3.11. The van der Waals surface area contributed by atoms with Crippen LogP contribution in [0.15, 0.2) is 36.4 Å². The van der Waals surface area contributed by atoms with E-state index < -0.39 is 11.6 Å². The van der Waals surface area contributed by atoms with Gasteiger partial charge in [-0.05, 0) is 35.9 Å². The number of benzene rings is 2. The normalized spacial score (nSPS) is 10.1. The van der Waals surface area contributed by atoms with E-state index in [-0.39, 0.29) is 24.5 Å². The van der Waals surface area contributed by atoms with Crippen molar-refractivity contribution in [2.45, 2.75) is 13.2 Å². The number of hydrogen-bond donors (Lipinski definition) is 1. The maximum atomic E-state index is 13.6. The summed E-state index contributed by atoms with van der Waals surface area (Å²) in [5.74, 6) is -1.19. The lowest BCUT2D eigenvalue weighted by Gasteiger charge is -2.09. The topological polar surface area (TPSA) is 53.2 Å². The Hall–Kier alpha value is -2.45. The van der Waals surface area contributed by atoms with Crippen molar-refractivity contribution in [1.82, 2.24) is 0 Å². The molecule has 2 rings (SSSR count). The highest BCUT2D eigenvalue weighted by molar-refractivity contribution is 5.34. The molecular formula is C15H11F2NO2. The first-order valence-electron chi connectivity index (χ1n) is 5.84. The summed E-state index contributed by atoms with van der Waals surface area (Å²) in [7, 11) is 0. The molecule has 0 aliphatic rings. The van der Waals surface area contributed by atoms with Gasteiger partial charge in [-0.1, -0.05) is 6.07 Å². The van der Waals surface area contributed by atoms with Crippen LogP contribution in [0.3, 0.4) is 0 Å². The number of rotatable bonds is 4. The van der Waals surface area contributed by atoms with Crippen LogP contribution in [0.5, 0.6) is 5.75 Å². The Morgan fingerprint density at radius 1 is 1.10 bits per heavy atom. The molecule has 2 aromatic rings. The van der Waals surface area contributed by atoms with Gasteiger partial charge in [0.2, 0.25) is 0 Å². The first-order chi connectivity index (χ1) is 9.63. The van der Waals surface area contributed by atoms with Crippen LogP contribution in [0.4, 0.5) is 8.78 Å². The standard InChI is InChI=1S/C15H11F2NO2/c16-13-3-1-10(7-18)5-12(13)9-20-15-4-2-11(8-19)6-14(15)17/h1-6,19H,8-9H2. The molecule has 0 radical (unpaired) electrons. The third-order valence-electron chi connectivity index (χ3n) is 2.74. The number of halogens is 2. The molecule has 2 aromatic carbocycles. The molecule has 0 aromatic heterocycles. The summed E-state index contributed by atoms with van der Waals surface area (Å²) in [5, 5.41) is 17.6. The van der Waals surface area contributed by atoms with E-state index in [1.165, 1.54) is 30.3 Å². The lowest BCUT2D eigenvalue weighted by Crippen LogP contribution is -2.01. The highest BCUT2D eigenvalue weighted by Crippen LogP contribution is 2.20. The quantitative estimate of drug-likeness (QED) is 0.933. The van der Waals surface area contributed by atoms with Gasteiger partial charge in [0.15, 0.2) is 11.6 Å². The average molecular weight is 275 g/mol. The molecule has 1 N–H and O–H groups in total. The molecule has 0 amide bonds. The van der Waals surface area contributed by atoms with Gasteiger partial charge in [-0.25, -0.2) is 8.78 Å². The highest BCUT2D eigenvalue weighted by Gasteiger charge is 2.08. The van der Waals surface area contributed by atoms with E-state index in [1.54, 1.807) is 0 Å². The number of ether oxygens (including phenoxy) is 1. The van der Waals surface area contributed by atoms with E-state index in [1.807, 2.05) is 6.07 Å². The minimum absolute atomic E-state index is 0.0380. The van der Waals surface area contributed by atoms with Gasteiger partial charge in [-0.3, -0.25) is 0 Å². The summed E-state index contributed by atoms with van der Waals surface area (Å²) in [6.45, 7) is -0.452. The second-order valence-corrected chi connectivity index (χ2v) is 4.13. The van der Waals surface area contributed by atoms with Gasteiger partial charge >= 0.3 is 0 Å². The largest absolute Gasteiger partial charge is 0.486 e.